The van der Waals surface area contributed by atoms with Crippen LogP contribution in [0.15, 0.2) is 42.5 Å². The van der Waals surface area contributed by atoms with E-state index in [0.717, 1.165) is 11.2 Å². The molecular formula is C26H33FN6O4. The Labute approximate surface area is 215 Å². The van der Waals surface area contributed by atoms with Gasteiger partial charge in [-0.15, -0.1) is 10.2 Å². The first-order valence-electron chi connectivity index (χ1n) is 12.1. The van der Waals surface area contributed by atoms with Gasteiger partial charge in [-0.2, -0.15) is 4.80 Å². The number of carbonyl (C=O) groups is 2. The highest BCUT2D eigenvalue weighted by Crippen LogP contribution is 2.33. The molecule has 2 aromatic carbocycles. The van der Waals surface area contributed by atoms with Crippen molar-refractivity contribution in [3.05, 3.63) is 48.3 Å². The monoisotopic (exact) mass is 512 g/mol. The highest BCUT2D eigenvalue weighted by atomic mass is 19.1. The molecule has 0 aliphatic rings. The summed E-state index contributed by atoms with van der Waals surface area (Å²) in [5, 5.41) is 15.2. The van der Waals surface area contributed by atoms with Crippen molar-refractivity contribution in [2.24, 2.45) is 5.92 Å². The van der Waals surface area contributed by atoms with Crippen molar-refractivity contribution in [1.82, 2.24) is 25.5 Å². The molecule has 0 radical (unpaired) electrons. The molecule has 1 atom stereocenters. The molecule has 0 fully saturated rings. The van der Waals surface area contributed by atoms with E-state index in [0.29, 0.717) is 41.6 Å². The fraction of sp³-hybridized carbons (Fsp3) is 0.423. The third-order valence-corrected chi connectivity index (χ3v) is 5.77. The Bertz CT molecular complexity index is 1200. The molecule has 0 saturated heterocycles. The number of amides is 2. The smallest absolute Gasteiger partial charge is 0.251 e. The number of benzene rings is 2. The van der Waals surface area contributed by atoms with E-state index in [2.05, 4.69) is 34.6 Å². The molecule has 1 heterocycles. The Morgan fingerprint density at radius 3 is 2.41 bits per heavy atom. The van der Waals surface area contributed by atoms with Crippen molar-refractivity contribution < 1.29 is 23.5 Å². The number of anilines is 1. The van der Waals surface area contributed by atoms with Crippen LogP contribution in [0.25, 0.3) is 11.4 Å². The standard InChI is InChI=1S/C26H33FN6O4/c1-6-21(26(35)28-14-13-17(2)3)33(20-11-12-22(36-4)23(15-20)37-5)24(34)16-32-30-25(29-31-32)18-7-9-19(27)10-8-18/h7-12,15,17,21H,6,13-14,16H2,1-5H3,(H,28,35)/t21-/m1/s1. The lowest BCUT2D eigenvalue weighted by atomic mass is 10.1. The summed E-state index contributed by atoms with van der Waals surface area (Å²) in [5.41, 5.74) is 1.03. The maximum absolute atomic E-state index is 13.6. The number of aromatic nitrogens is 4. The zero-order chi connectivity index (χ0) is 26.9. The molecule has 0 unspecified atom stereocenters. The molecule has 10 nitrogen and oxygen atoms in total. The predicted octanol–water partition coefficient (Wildman–Crippen LogP) is 3.47. The third-order valence-electron chi connectivity index (χ3n) is 5.77. The van der Waals surface area contributed by atoms with E-state index in [1.165, 1.54) is 43.4 Å². The molecule has 0 spiro atoms. The first-order chi connectivity index (χ1) is 17.8. The lowest BCUT2D eigenvalue weighted by Crippen LogP contribution is -2.51. The van der Waals surface area contributed by atoms with E-state index in [4.69, 9.17) is 9.47 Å². The first kappa shape index (κ1) is 27.6. The molecule has 3 aromatic rings. The Morgan fingerprint density at radius 1 is 1.08 bits per heavy atom. The number of carbonyl (C=O) groups excluding carboxylic acids is 2. The summed E-state index contributed by atoms with van der Waals surface area (Å²) < 4.78 is 24.0. The quantitative estimate of drug-likeness (QED) is 0.396. The van der Waals surface area contributed by atoms with Crippen LogP contribution in [0.2, 0.25) is 0 Å². The summed E-state index contributed by atoms with van der Waals surface area (Å²) in [6, 6.07) is 9.90. The zero-order valence-electron chi connectivity index (χ0n) is 21.8. The van der Waals surface area contributed by atoms with Crippen LogP contribution in [-0.4, -0.2) is 58.8 Å². The molecule has 37 heavy (non-hydrogen) atoms. The minimum atomic E-state index is -0.780. The van der Waals surface area contributed by atoms with Crippen LogP contribution in [-0.2, 0) is 16.1 Å². The molecule has 3 rings (SSSR count). The van der Waals surface area contributed by atoms with Crippen LogP contribution in [0.5, 0.6) is 11.5 Å². The van der Waals surface area contributed by atoms with Gasteiger partial charge in [0.2, 0.25) is 11.7 Å². The van der Waals surface area contributed by atoms with Gasteiger partial charge < -0.3 is 14.8 Å². The Hall–Kier alpha value is -4.02. The molecule has 198 valence electrons. The van der Waals surface area contributed by atoms with Crippen LogP contribution in [0.4, 0.5) is 10.1 Å². The molecule has 0 aliphatic carbocycles. The van der Waals surface area contributed by atoms with Gasteiger partial charge in [0.25, 0.3) is 5.91 Å². The van der Waals surface area contributed by atoms with Crippen molar-refractivity contribution >= 4 is 17.5 Å². The van der Waals surface area contributed by atoms with Crippen molar-refractivity contribution in [2.75, 3.05) is 25.7 Å². The van der Waals surface area contributed by atoms with Gasteiger partial charge in [0, 0.05) is 23.9 Å². The molecule has 1 aromatic heterocycles. The van der Waals surface area contributed by atoms with Gasteiger partial charge >= 0.3 is 0 Å². The zero-order valence-corrected chi connectivity index (χ0v) is 21.8. The van der Waals surface area contributed by atoms with Crippen LogP contribution < -0.4 is 19.7 Å². The van der Waals surface area contributed by atoms with Gasteiger partial charge in [-0.05, 0) is 60.4 Å². The summed E-state index contributed by atoms with van der Waals surface area (Å²) in [5.74, 6) is 0.544. The lowest BCUT2D eigenvalue weighted by molar-refractivity contribution is -0.127. The van der Waals surface area contributed by atoms with E-state index >= 15 is 0 Å². The van der Waals surface area contributed by atoms with Crippen LogP contribution >= 0.6 is 0 Å². The summed E-state index contributed by atoms with van der Waals surface area (Å²) in [6.07, 6.45) is 1.20. The van der Waals surface area contributed by atoms with Crippen molar-refractivity contribution in [1.29, 1.82) is 0 Å². The van der Waals surface area contributed by atoms with E-state index in [-0.39, 0.29) is 24.1 Å². The lowest BCUT2D eigenvalue weighted by Gasteiger charge is -2.31. The summed E-state index contributed by atoms with van der Waals surface area (Å²) >= 11 is 0. The Morgan fingerprint density at radius 2 is 1.78 bits per heavy atom. The largest absolute Gasteiger partial charge is 0.493 e. The topological polar surface area (TPSA) is 111 Å². The van der Waals surface area contributed by atoms with Crippen LogP contribution in [0.1, 0.15) is 33.6 Å². The average molecular weight is 513 g/mol. The van der Waals surface area contributed by atoms with E-state index < -0.39 is 11.9 Å². The van der Waals surface area contributed by atoms with Crippen molar-refractivity contribution in [3.63, 3.8) is 0 Å². The number of hydrogen-bond donors (Lipinski definition) is 1. The Balaban J connectivity index is 1.91. The van der Waals surface area contributed by atoms with Gasteiger partial charge in [0.05, 0.1) is 14.2 Å². The minimum Gasteiger partial charge on any atom is -0.493 e. The number of ether oxygens (including phenoxy) is 2. The second kappa shape index (κ2) is 12.8. The number of nitrogens with zero attached hydrogens (tertiary/aromatic N) is 5. The third kappa shape index (κ3) is 7.02. The number of methoxy groups -OCH3 is 2. The van der Waals surface area contributed by atoms with Gasteiger partial charge in [0.15, 0.2) is 11.5 Å². The highest BCUT2D eigenvalue weighted by Gasteiger charge is 2.31. The SMILES string of the molecule is CC[C@H](C(=O)NCCC(C)C)N(C(=O)Cn1nnc(-c2ccc(F)cc2)n1)c1ccc(OC)c(OC)c1. The molecule has 0 aliphatic heterocycles. The number of rotatable bonds is 12. The molecular weight excluding hydrogens is 479 g/mol. The fourth-order valence-electron chi connectivity index (χ4n) is 3.78. The van der Waals surface area contributed by atoms with Crippen LogP contribution in [0.3, 0.4) is 0 Å². The summed E-state index contributed by atoms with van der Waals surface area (Å²) in [6.45, 7) is 6.24. The van der Waals surface area contributed by atoms with Gasteiger partial charge in [-0.3, -0.25) is 14.5 Å². The maximum atomic E-state index is 13.6. The van der Waals surface area contributed by atoms with Crippen molar-refractivity contribution in [2.45, 2.75) is 46.2 Å². The number of tetrazole rings is 1. The molecule has 0 saturated carbocycles. The van der Waals surface area contributed by atoms with Crippen LogP contribution in [0, 0.1) is 11.7 Å². The molecule has 0 bridgehead atoms. The van der Waals surface area contributed by atoms with E-state index in [1.807, 2.05) is 6.92 Å². The minimum absolute atomic E-state index is 0.254. The van der Waals surface area contributed by atoms with E-state index in [1.54, 1.807) is 18.2 Å². The Kier molecular flexibility index (Phi) is 9.53. The summed E-state index contributed by atoms with van der Waals surface area (Å²) in [4.78, 5) is 29.4. The second-order valence-electron chi connectivity index (χ2n) is 8.85. The van der Waals surface area contributed by atoms with E-state index in [9.17, 15) is 14.0 Å². The molecule has 11 heteroatoms. The number of hydrogen-bond acceptors (Lipinski definition) is 7. The number of nitrogens with one attached hydrogen (secondary N) is 1. The average Bonchev–Trinajstić information content (AvgIpc) is 3.35. The normalized spacial score (nSPS) is 11.8. The highest BCUT2D eigenvalue weighted by molar-refractivity contribution is 6.00. The second-order valence-corrected chi connectivity index (χ2v) is 8.85. The molecule has 1 N–H and O–H groups in total. The van der Waals surface area contributed by atoms with Crippen molar-refractivity contribution in [3.8, 4) is 22.9 Å². The summed E-state index contributed by atoms with van der Waals surface area (Å²) in [7, 11) is 3.02. The van der Waals surface area contributed by atoms with Gasteiger partial charge in [-0.1, -0.05) is 20.8 Å². The molecule has 2 amide bonds. The number of halogens is 1. The maximum Gasteiger partial charge on any atom is 0.251 e. The fourth-order valence-corrected chi connectivity index (χ4v) is 3.78. The van der Waals surface area contributed by atoms with Gasteiger partial charge in [-0.25, -0.2) is 4.39 Å². The predicted molar refractivity (Wildman–Crippen MR) is 137 cm³/mol. The first-order valence-corrected chi connectivity index (χ1v) is 12.1. The van der Waals surface area contributed by atoms with Gasteiger partial charge in [0.1, 0.15) is 18.4 Å².